The molecule has 0 saturated carbocycles. The second-order valence-corrected chi connectivity index (χ2v) is 10.2. The van der Waals surface area contributed by atoms with Crippen LogP contribution in [0.2, 0.25) is 0 Å². The Hall–Kier alpha value is -3.89. The summed E-state index contributed by atoms with van der Waals surface area (Å²) in [6.45, 7) is 7.26. The first-order valence-corrected chi connectivity index (χ1v) is 12.5. The Balaban J connectivity index is 1.32. The number of piperidine rings is 1. The van der Waals surface area contributed by atoms with Crippen molar-refractivity contribution in [1.82, 2.24) is 24.4 Å². The summed E-state index contributed by atoms with van der Waals surface area (Å²) in [4.78, 5) is 11.7. The number of hydrogen-bond donors (Lipinski definition) is 0. The van der Waals surface area contributed by atoms with Crippen LogP contribution in [0, 0.1) is 12.3 Å². The number of benzene rings is 1. The molecule has 0 bridgehead atoms. The Morgan fingerprint density at radius 3 is 2.58 bits per heavy atom. The number of nitrogens with zero attached hydrogens (tertiary/aromatic N) is 7. The van der Waals surface area contributed by atoms with Gasteiger partial charge in [-0.2, -0.15) is 23.4 Å². The third kappa shape index (κ3) is 3.66. The van der Waals surface area contributed by atoms with Crippen LogP contribution in [0.1, 0.15) is 41.4 Å². The first kappa shape index (κ1) is 24.4. The molecule has 8 nitrogen and oxygen atoms in total. The molecule has 1 atom stereocenters. The summed E-state index contributed by atoms with van der Waals surface area (Å²) in [5, 5.41) is 8.13. The molecule has 1 aliphatic heterocycles. The van der Waals surface area contributed by atoms with E-state index in [2.05, 4.69) is 38.9 Å². The lowest BCUT2D eigenvalue weighted by atomic mass is 9.73. The summed E-state index contributed by atoms with van der Waals surface area (Å²) in [5.74, 6) is 1.60. The number of anilines is 1. The Morgan fingerprint density at radius 1 is 1.16 bits per heavy atom. The molecule has 2 aliphatic rings. The van der Waals surface area contributed by atoms with Crippen molar-refractivity contribution in [3.05, 3.63) is 59.0 Å². The van der Waals surface area contributed by atoms with Crippen LogP contribution in [0.4, 0.5) is 19.0 Å². The van der Waals surface area contributed by atoms with Crippen LogP contribution in [0.15, 0.2) is 41.5 Å². The van der Waals surface area contributed by atoms with Crippen LogP contribution in [0.25, 0.3) is 16.9 Å². The fourth-order valence-corrected chi connectivity index (χ4v) is 6.25. The van der Waals surface area contributed by atoms with Gasteiger partial charge in [-0.1, -0.05) is 6.07 Å². The maximum Gasteiger partial charge on any atom is 0.435 e. The van der Waals surface area contributed by atoms with Crippen LogP contribution in [0.5, 0.6) is 5.75 Å². The van der Waals surface area contributed by atoms with Crippen LogP contribution in [0.3, 0.4) is 0 Å². The van der Waals surface area contributed by atoms with E-state index in [1.165, 1.54) is 22.9 Å². The molecule has 1 aromatic carbocycles. The second-order valence-electron chi connectivity index (χ2n) is 10.2. The van der Waals surface area contributed by atoms with E-state index >= 15 is 0 Å². The molecule has 1 spiro atoms. The molecular weight excluding hydrogens is 495 g/mol. The van der Waals surface area contributed by atoms with Gasteiger partial charge in [-0.3, -0.25) is 9.67 Å². The van der Waals surface area contributed by atoms with Gasteiger partial charge in [-0.25, -0.2) is 9.50 Å². The highest BCUT2D eigenvalue weighted by atomic mass is 19.4. The van der Waals surface area contributed by atoms with E-state index in [0.29, 0.717) is 17.1 Å². The third-order valence-electron chi connectivity index (χ3n) is 8.12. The fraction of sp³-hybridized carbons (Fsp3) is 0.407. The molecule has 0 N–H and O–H groups in total. The summed E-state index contributed by atoms with van der Waals surface area (Å²) in [5.41, 5.74) is 3.65. The van der Waals surface area contributed by atoms with Crippen LogP contribution in [-0.4, -0.2) is 51.3 Å². The molecule has 0 unspecified atom stereocenters. The van der Waals surface area contributed by atoms with E-state index < -0.39 is 11.9 Å². The second kappa shape index (κ2) is 8.57. The molecule has 38 heavy (non-hydrogen) atoms. The highest BCUT2D eigenvalue weighted by molar-refractivity contribution is 5.75. The highest BCUT2D eigenvalue weighted by Crippen LogP contribution is 2.54. The van der Waals surface area contributed by atoms with Crippen molar-refractivity contribution in [2.24, 2.45) is 17.5 Å². The van der Waals surface area contributed by atoms with Crippen LogP contribution >= 0.6 is 0 Å². The number of ether oxygens (including phenoxy) is 1. The van der Waals surface area contributed by atoms with E-state index in [1.807, 2.05) is 12.1 Å². The molecule has 4 heterocycles. The SMILES string of the molecule is C=N[C@@H]1c2cc(OC)ccc2CC12CCN(c1nc(C)c(-c3cc(C(F)(F)F)nn3C)n3nccc13)CC2. The Labute approximate surface area is 217 Å². The molecule has 6 rings (SSSR count). The number of aromatic nitrogens is 5. The van der Waals surface area contributed by atoms with Gasteiger partial charge < -0.3 is 9.64 Å². The minimum Gasteiger partial charge on any atom is -0.497 e. The van der Waals surface area contributed by atoms with Gasteiger partial charge in [-0.05, 0) is 68.3 Å². The minimum atomic E-state index is -4.53. The van der Waals surface area contributed by atoms with Crippen molar-refractivity contribution < 1.29 is 17.9 Å². The monoisotopic (exact) mass is 523 g/mol. The zero-order chi connectivity index (χ0) is 26.8. The first-order chi connectivity index (χ1) is 18.1. The van der Waals surface area contributed by atoms with Gasteiger partial charge in [0.05, 0.1) is 30.7 Å². The lowest BCUT2D eigenvalue weighted by Gasteiger charge is -2.42. The van der Waals surface area contributed by atoms with E-state index in [1.54, 1.807) is 24.7 Å². The minimum absolute atomic E-state index is 0.00877. The number of aryl methyl sites for hydroxylation is 2. The molecule has 3 aromatic heterocycles. The van der Waals surface area contributed by atoms with Gasteiger partial charge in [0.25, 0.3) is 0 Å². The Kier molecular flexibility index (Phi) is 5.51. The summed E-state index contributed by atoms with van der Waals surface area (Å²) < 4.78 is 48.3. The van der Waals surface area contributed by atoms with Gasteiger partial charge in [0.2, 0.25) is 0 Å². The number of fused-ring (bicyclic) bond motifs is 2. The van der Waals surface area contributed by atoms with E-state index in [-0.39, 0.29) is 11.5 Å². The van der Waals surface area contributed by atoms with Gasteiger partial charge in [-0.15, -0.1) is 0 Å². The molecule has 11 heteroatoms. The van der Waals surface area contributed by atoms with Crippen LogP contribution < -0.4 is 9.64 Å². The smallest absolute Gasteiger partial charge is 0.435 e. The molecule has 4 aromatic rings. The number of aliphatic imine (C=N–C) groups is 1. The molecule has 0 radical (unpaired) electrons. The molecule has 0 amide bonds. The number of halogens is 3. The summed E-state index contributed by atoms with van der Waals surface area (Å²) in [7, 11) is 3.17. The van der Waals surface area contributed by atoms with E-state index in [4.69, 9.17) is 9.72 Å². The molecular formula is C27H28F3N7O. The van der Waals surface area contributed by atoms with Crippen LogP contribution in [-0.2, 0) is 19.6 Å². The average molecular weight is 524 g/mol. The van der Waals surface area contributed by atoms with Crippen molar-refractivity contribution in [3.63, 3.8) is 0 Å². The lowest BCUT2D eigenvalue weighted by Crippen LogP contribution is -2.42. The van der Waals surface area contributed by atoms with Gasteiger partial charge in [0, 0.05) is 25.6 Å². The molecule has 1 aliphatic carbocycles. The molecule has 198 valence electrons. The Morgan fingerprint density at radius 2 is 1.92 bits per heavy atom. The maximum absolute atomic E-state index is 13.3. The largest absolute Gasteiger partial charge is 0.497 e. The van der Waals surface area contributed by atoms with E-state index in [9.17, 15) is 13.2 Å². The highest BCUT2D eigenvalue weighted by Gasteiger charge is 2.48. The van der Waals surface area contributed by atoms with Crippen molar-refractivity contribution in [2.75, 3.05) is 25.1 Å². The van der Waals surface area contributed by atoms with Crippen molar-refractivity contribution in [1.29, 1.82) is 0 Å². The number of hydrogen-bond acceptors (Lipinski definition) is 6. The number of methoxy groups -OCH3 is 1. The third-order valence-corrected chi connectivity index (χ3v) is 8.12. The standard InChI is InChI=1S/C27H28F3N7O/c1-16-23(21-14-22(27(28,29)30)34-35(21)3)37-20(7-10-32-37)25(33-16)36-11-8-26(9-12-36)15-17-5-6-18(38-4)13-19(17)24(26)31-2/h5-7,10,13-14,24H,2,8-9,11-12,15H2,1,3-4H3/t24-/m1/s1. The van der Waals surface area contributed by atoms with E-state index in [0.717, 1.165) is 55.5 Å². The predicted octanol–water partition coefficient (Wildman–Crippen LogP) is 5.05. The fourth-order valence-electron chi connectivity index (χ4n) is 6.25. The van der Waals surface area contributed by atoms with Crippen molar-refractivity contribution >= 4 is 18.1 Å². The average Bonchev–Trinajstić information content (AvgIpc) is 3.59. The lowest BCUT2D eigenvalue weighted by molar-refractivity contribution is -0.141. The maximum atomic E-state index is 13.3. The topological polar surface area (TPSA) is 72.8 Å². The Bertz CT molecular complexity index is 1550. The van der Waals surface area contributed by atoms with Crippen molar-refractivity contribution in [3.8, 4) is 17.1 Å². The van der Waals surface area contributed by atoms with Gasteiger partial charge in [0.15, 0.2) is 11.5 Å². The molecule has 1 fully saturated rings. The summed E-state index contributed by atoms with van der Waals surface area (Å²) in [6, 6.07) is 9.12. The quantitative estimate of drug-likeness (QED) is 0.350. The number of rotatable bonds is 4. The van der Waals surface area contributed by atoms with Gasteiger partial charge >= 0.3 is 6.18 Å². The normalized spacial score (nSPS) is 18.8. The molecule has 1 saturated heterocycles. The zero-order valence-electron chi connectivity index (χ0n) is 21.5. The number of alkyl halides is 3. The predicted molar refractivity (Wildman–Crippen MR) is 138 cm³/mol. The summed E-state index contributed by atoms with van der Waals surface area (Å²) in [6.07, 6.45) is -0.123. The van der Waals surface area contributed by atoms with Crippen molar-refractivity contribution in [2.45, 2.75) is 38.4 Å². The summed E-state index contributed by atoms with van der Waals surface area (Å²) >= 11 is 0. The zero-order valence-corrected chi connectivity index (χ0v) is 21.5. The van der Waals surface area contributed by atoms with Gasteiger partial charge in [0.1, 0.15) is 17.0 Å². The first-order valence-electron chi connectivity index (χ1n) is 12.5.